The molecule has 0 radical (unpaired) electrons. The number of anilines is 6. The second-order valence-corrected chi connectivity index (χ2v) is 37.0. The Labute approximate surface area is 752 Å². The lowest BCUT2D eigenvalue weighted by Crippen LogP contribution is -2.37. The van der Waals surface area contributed by atoms with Crippen molar-refractivity contribution in [3.8, 4) is 33.4 Å². The van der Waals surface area contributed by atoms with Crippen LogP contribution in [0.4, 0.5) is 66.3 Å². The summed E-state index contributed by atoms with van der Waals surface area (Å²) in [7, 11) is 5.60. The summed E-state index contributed by atoms with van der Waals surface area (Å²) in [5.41, 5.74) is 8.37. The molecule has 12 aromatic rings. The molecule has 0 bridgehead atoms. The van der Waals surface area contributed by atoms with E-state index < -0.39 is 76.1 Å². The van der Waals surface area contributed by atoms with E-state index in [0.717, 1.165) is 86.9 Å². The summed E-state index contributed by atoms with van der Waals surface area (Å²) in [6, 6.07) is 23.4. The lowest BCUT2D eigenvalue weighted by Gasteiger charge is -2.31. The highest BCUT2D eigenvalue weighted by Gasteiger charge is 2.44. The number of aryl methyl sites for hydroxylation is 3. The third kappa shape index (κ3) is 18.0. The first-order chi connectivity index (χ1) is 59.7. The van der Waals surface area contributed by atoms with Crippen molar-refractivity contribution in [2.45, 2.75) is 143 Å². The Morgan fingerprint density at radius 3 is 1.17 bits per heavy atom. The second-order valence-electron chi connectivity index (χ2n) is 34.2. The number of rotatable bonds is 9. The topological polar surface area (TPSA) is 319 Å². The summed E-state index contributed by atoms with van der Waals surface area (Å²) in [5.74, 6) is -2.73. The highest BCUT2D eigenvalue weighted by Crippen LogP contribution is 2.47. The summed E-state index contributed by atoms with van der Waals surface area (Å²) in [6.07, 6.45) is 14.0. The number of hydrogen-bond acceptors (Lipinski definition) is 21. The number of nitrogens with zero attached hydrogens (tertiary/aromatic N) is 13. The normalized spacial score (nSPS) is 15.2. The van der Waals surface area contributed by atoms with Crippen LogP contribution in [0.5, 0.6) is 0 Å². The van der Waals surface area contributed by atoms with Crippen molar-refractivity contribution in [3.05, 3.63) is 215 Å². The minimum absolute atomic E-state index is 0.0255. The van der Waals surface area contributed by atoms with Gasteiger partial charge in [-0.1, -0.05) is 0 Å². The zero-order valence-electron chi connectivity index (χ0n) is 70.8. The molecule has 8 aromatic heterocycles. The van der Waals surface area contributed by atoms with Gasteiger partial charge in [-0.05, 0) is 261 Å². The van der Waals surface area contributed by atoms with E-state index in [2.05, 4.69) is 82.5 Å². The van der Waals surface area contributed by atoms with Gasteiger partial charge in [-0.15, -0.1) is 0 Å². The molecule has 2 saturated heterocycles. The van der Waals surface area contributed by atoms with Gasteiger partial charge in [0, 0.05) is 138 Å². The fourth-order valence-electron chi connectivity index (χ4n) is 16.1. The molecule has 14 heterocycles. The van der Waals surface area contributed by atoms with E-state index in [1.165, 1.54) is 24.3 Å². The van der Waals surface area contributed by atoms with Gasteiger partial charge < -0.3 is 63.9 Å². The molecule has 6 aliphatic heterocycles. The van der Waals surface area contributed by atoms with Crippen molar-refractivity contribution in [1.29, 1.82) is 0 Å². The first-order valence-electron chi connectivity index (χ1n) is 40.5. The molecule has 0 unspecified atom stereocenters. The van der Waals surface area contributed by atoms with Crippen LogP contribution in [-0.4, -0.2) is 161 Å². The van der Waals surface area contributed by atoms with Crippen LogP contribution in [0.2, 0.25) is 0 Å². The summed E-state index contributed by atoms with van der Waals surface area (Å²) >= 11 is 8.28. The predicted molar refractivity (Wildman–Crippen MR) is 482 cm³/mol. The third-order valence-corrected chi connectivity index (χ3v) is 24.4. The minimum atomic E-state index is -0.819. The average molecular weight is 1960 g/mol. The number of fused-ring (bicyclic) bond motifs is 7. The summed E-state index contributed by atoms with van der Waals surface area (Å²) in [4.78, 5) is 119. The van der Waals surface area contributed by atoms with Crippen LogP contribution in [0, 0.1) is 26.8 Å². The number of carbonyl (C=O) groups is 7. The molecule has 2 fully saturated rings. The molecule has 28 nitrogen and oxygen atoms in total. The van der Waals surface area contributed by atoms with E-state index in [1.807, 2.05) is 112 Å². The molecule has 5 N–H and O–H groups in total. The molecule has 7 amide bonds. The lowest BCUT2D eigenvalue weighted by atomic mass is 9.93. The first-order valence-corrected chi connectivity index (χ1v) is 43.2. The molecule has 4 aromatic carbocycles. The molecule has 35 heteroatoms. The zero-order chi connectivity index (χ0) is 90.2. The monoisotopic (exact) mass is 1960 g/mol. The van der Waals surface area contributed by atoms with E-state index in [-0.39, 0.29) is 66.7 Å². The maximum Gasteiger partial charge on any atom is 0.417 e. The van der Waals surface area contributed by atoms with Crippen LogP contribution < -0.4 is 25.8 Å². The van der Waals surface area contributed by atoms with Crippen molar-refractivity contribution in [1.82, 2.24) is 58.6 Å². The van der Waals surface area contributed by atoms with Crippen LogP contribution in [0.3, 0.4) is 0 Å². The standard InChI is InChI=1S/C31H33FN6O4.C26H25FN6O2.C21H19BrFN3O3.C13H12BrFINO3/c1-31(2,3)42-30(41)38-17-22-26(20-7-11-33-28-21(20)10-12-36(28)4)23(32)15-24(27(22)29(38)40)35-25-6-5-18(16-34-25)37-13-8-19(39)9-14-37;1-32-9-7-18-17(4-8-28-25(18)32)23-19-14-30-26(35)24(19)21(12-20(23)27)31-22-3-2-15(13-29-22)33-10-5-16(34)6-11-33;1-21(2,3)29-20(28)26-10-13-16(15(23)9-14(22)17(13)19(26)27)11-5-7-24-18-12(11)6-8-25(18)4;1-13(2,3)20-12(19)17-5-6-9(11(17)18)7(14)4-8(15)10(6)16/h5-7,10-12,15-16,19,39H,8-9,13-14,17H2,1-4H3,(H,34,35);2-4,7-9,12-13,16,34H,5-6,10-11,14H2,1H3,(H,29,31)(H,30,35);5-9H,10H2,1-4H3;4H,5H2,1-3H3. The Bertz CT molecular complexity index is 6410. The number of carbonyl (C=O) groups excluding carboxylic acids is 7. The van der Waals surface area contributed by atoms with E-state index in [4.69, 9.17) is 14.2 Å². The second kappa shape index (κ2) is 35.1. The molecular weight excluding hydrogens is 1870 g/mol. The van der Waals surface area contributed by atoms with Gasteiger partial charge in [-0.3, -0.25) is 19.2 Å². The molecule has 0 spiro atoms. The number of piperidine rings is 2. The molecule has 6 aliphatic rings. The quantitative estimate of drug-likeness (QED) is 0.0388. The van der Waals surface area contributed by atoms with Gasteiger partial charge in [0.15, 0.2) is 0 Å². The Morgan fingerprint density at radius 1 is 0.452 bits per heavy atom. The molecule has 0 saturated carbocycles. The number of ether oxygens (including phenoxy) is 3. The van der Waals surface area contributed by atoms with Crippen molar-refractivity contribution >= 4 is 164 Å². The van der Waals surface area contributed by atoms with E-state index in [0.29, 0.717) is 115 Å². The van der Waals surface area contributed by atoms with Gasteiger partial charge in [0.25, 0.3) is 23.6 Å². The number of aliphatic hydroxyl groups is 2. The average Bonchev–Trinajstić information content (AvgIpc) is 1.60. The van der Waals surface area contributed by atoms with Crippen molar-refractivity contribution in [3.63, 3.8) is 0 Å². The van der Waals surface area contributed by atoms with Crippen LogP contribution in [0.15, 0.2) is 143 Å². The van der Waals surface area contributed by atoms with Gasteiger partial charge in [0.1, 0.15) is 68.6 Å². The molecule has 0 aliphatic carbocycles. The number of aliphatic hydroxyl groups excluding tert-OH is 2. The number of benzene rings is 4. The summed E-state index contributed by atoms with van der Waals surface area (Å²) in [5, 5.41) is 31.0. The maximum atomic E-state index is 16.1. The predicted octanol–water partition coefficient (Wildman–Crippen LogP) is 18.2. The number of aromatic nitrogens is 8. The molecule has 654 valence electrons. The molecular formula is C91H89Br2F4IN16O12. The molecule has 18 rings (SSSR count). The highest BCUT2D eigenvalue weighted by atomic mass is 127. The fraction of sp³-hybridized carbons (Fsp3) is 0.319. The zero-order valence-corrected chi connectivity index (χ0v) is 76.1. The van der Waals surface area contributed by atoms with Crippen LogP contribution in [0.25, 0.3) is 66.5 Å². The fourth-order valence-corrected chi connectivity index (χ4v) is 17.9. The largest absolute Gasteiger partial charge is 0.443 e. The van der Waals surface area contributed by atoms with E-state index in [1.54, 1.807) is 118 Å². The van der Waals surface area contributed by atoms with Crippen LogP contribution in [0.1, 0.15) is 152 Å². The number of amides is 7. The summed E-state index contributed by atoms with van der Waals surface area (Å²) < 4.78 is 83.2. The number of nitrogens with one attached hydrogen (secondary N) is 3. The Morgan fingerprint density at radius 2 is 0.794 bits per heavy atom. The SMILES string of the molecule is CC(C)(C)OC(=O)N1Cc2c(I)c(F)cc(Br)c2C1=O.Cn1ccc2c(-c3c(F)cc(Br)c4c3CN(C(=O)OC(C)(C)C)C4=O)ccnc21.Cn1ccc2c(-c3c(F)cc(Nc4ccc(N5CCC(O)CC5)cn4)c4c3CN(C(=O)OC(C)(C)C)C4=O)ccnc21.Cn1ccc2c(-c3c(F)cc(Nc4ccc(N5CCC(O)CC5)cn4)c4c3CNC4=O)ccnc21. The summed E-state index contributed by atoms with van der Waals surface area (Å²) in [6.45, 7) is 18.6. The number of hydrogen-bond donors (Lipinski definition) is 5. The van der Waals surface area contributed by atoms with Crippen molar-refractivity contribution in [2.75, 3.05) is 46.6 Å². The smallest absolute Gasteiger partial charge is 0.417 e. The van der Waals surface area contributed by atoms with Crippen LogP contribution in [-0.2, 0) is 61.5 Å². The number of halogens is 7. The van der Waals surface area contributed by atoms with Gasteiger partial charge in [0.2, 0.25) is 0 Å². The maximum absolute atomic E-state index is 16.1. The highest BCUT2D eigenvalue weighted by molar-refractivity contribution is 14.1. The van der Waals surface area contributed by atoms with Gasteiger partial charge in [-0.25, -0.2) is 71.6 Å². The van der Waals surface area contributed by atoms with E-state index in [9.17, 15) is 48.2 Å². The van der Waals surface area contributed by atoms with Crippen LogP contribution >= 0.6 is 54.5 Å². The van der Waals surface area contributed by atoms with Gasteiger partial charge in [-0.2, -0.15) is 0 Å². The van der Waals surface area contributed by atoms with Crippen molar-refractivity contribution < 1.29 is 75.5 Å². The lowest BCUT2D eigenvalue weighted by molar-refractivity contribution is 0.0231. The third-order valence-electron chi connectivity index (χ3n) is 22.0. The minimum Gasteiger partial charge on any atom is -0.443 e. The Balaban J connectivity index is 0.000000134. The Hall–Kier alpha value is -11.9. The van der Waals surface area contributed by atoms with Gasteiger partial charge in [0.05, 0.1) is 92.8 Å². The number of imide groups is 3. The van der Waals surface area contributed by atoms with E-state index >= 15 is 13.2 Å². The van der Waals surface area contributed by atoms with Gasteiger partial charge >= 0.3 is 18.3 Å². The first kappa shape index (κ1) is 88.9. The Kier molecular flexibility index (Phi) is 24.8. The molecule has 126 heavy (non-hydrogen) atoms. The number of pyridine rings is 5. The molecule has 0 atom stereocenters. The van der Waals surface area contributed by atoms with Crippen molar-refractivity contribution in [2.24, 2.45) is 21.1 Å².